The van der Waals surface area contributed by atoms with E-state index in [1.807, 2.05) is 0 Å². The summed E-state index contributed by atoms with van der Waals surface area (Å²) in [6, 6.07) is 24.5. The van der Waals surface area contributed by atoms with Gasteiger partial charge < -0.3 is 9.80 Å². The standard InChI is InChI=1S/C28H23N5/c1-31-24-11-4-5-12-25(24)32-15-18-8-6-7-17-13-23(28(31)32)22(14-21(17)18)26-19-9-2-3-10-20(19)27-29-16-30-33(26)27/h2-12,14,16,23,26,28H,13,15H2,1H3. The van der Waals surface area contributed by atoms with Gasteiger partial charge in [0.15, 0.2) is 5.82 Å². The van der Waals surface area contributed by atoms with Crippen LogP contribution in [-0.2, 0) is 13.0 Å². The van der Waals surface area contributed by atoms with Crippen LogP contribution in [0.4, 0.5) is 11.4 Å². The van der Waals surface area contributed by atoms with Gasteiger partial charge in [-0.25, -0.2) is 9.67 Å². The molecule has 5 heteroatoms. The van der Waals surface area contributed by atoms with Gasteiger partial charge in [-0.3, -0.25) is 0 Å². The third kappa shape index (κ3) is 2.17. The van der Waals surface area contributed by atoms with E-state index in [1.54, 1.807) is 6.33 Å². The highest BCUT2D eigenvalue weighted by Crippen LogP contribution is 2.52. The summed E-state index contributed by atoms with van der Waals surface area (Å²) in [5.74, 6) is 1.32. The fourth-order valence-electron chi connectivity index (χ4n) is 6.73. The summed E-state index contributed by atoms with van der Waals surface area (Å²) in [5, 5.41) is 4.71. The van der Waals surface area contributed by atoms with Crippen LogP contribution in [0.5, 0.6) is 0 Å². The van der Waals surface area contributed by atoms with Crippen LogP contribution in [0.3, 0.4) is 0 Å². The molecule has 4 aliphatic heterocycles. The van der Waals surface area contributed by atoms with E-state index in [0.717, 1.165) is 18.8 Å². The van der Waals surface area contributed by atoms with Crippen LogP contribution >= 0.6 is 0 Å². The van der Waals surface area contributed by atoms with E-state index < -0.39 is 0 Å². The van der Waals surface area contributed by atoms with Crippen LogP contribution in [0.1, 0.15) is 28.3 Å². The first-order valence-corrected chi connectivity index (χ1v) is 11.7. The van der Waals surface area contributed by atoms with Gasteiger partial charge in [-0.05, 0) is 46.4 Å². The monoisotopic (exact) mass is 429 g/mol. The fraction of sp³-hybridized carbons (Fsp3) is 0.214. The SMILES string of the molecule is CN1c2ccccc2N2Cc3cccc4c3C=C(C3c5ccccc5-c5ncnn53)C(C4)C12. The summed E-state index contributed by atoms with van der Waals surface area (Å²) < 4.78 is 2.14. The number of para-hydroxylation sites is 2. The molecule has 0 saturated heterocycles. The van der Waals surface area contributed by atoms with Crippen molar-refractivity contribution in [3.8, 4) is 11.4 Å². The molecule has 5 nitrogen and oxygen atoms in total. The Kier molecular flexibility index (Phi) is 3.28. The van der Waals surface area contributed by atoms with Gasteiger partial charge in [0.1, 0.15) is 18.5 Å². The van der Waals surface area contributed by atoms with Crippen LogP contribution in [0.25, 0.3) is 17.5 Å². The topological polar surface area (TPSA) is 37.2 Å². The van der Waals surface area contributed by atoms with E-state index in [0.29, 0.717) is 5.92 Å². The van der Waals surface area contributed by atoms with E-state index in [4.69, 9.17) is 5.10 Å². The predicted molar refractivity (Wildman–Crippen MR) is 130 cm³/mol. The number of hydrogen-bond donors (Lipinski definition) is 0. The molecule has 4 bridgehead atoms. The largest absolute Gasteiger partial charge is 0.352 e. The Morgan fingerprint density at radius 1 is 0.879 bits per heavy atom. The quantitative estimate of drug-likeness (QED) is 0.431. The van der Waals surface area contributed by atoms with Crippen molar-refractivity contribution in [3.05, 3.63) is 101 Å². The molecule has 1 aromatic heterocycles. The zero-order chi connectivity index (χ0) is 21.7. The lowest BCUT2D eigenvalue weighted by Crippen LogP contribution is -2.50. The second-order valence-corrected chi connectivity index (χ2v) is 9.60. The van der Waals surface area contributed by atoms with Gasteiger partial charge in [0.2, 0.25) is 0 Å². The van der Waals surface area contributed by atoms with Crippen molar-refractivity contribution in [3.63, 3.8) is 0 Å². The first-order valence-electron chi connectivity index (χ1n) is 11.7. The molecular formula is C28H23N5. The molecule has 4 aromatic rings. The van der Waals surface area contributed by atoms with Gasteiger partial charge in [0, 0.05) is 25.1 Å². The lowest BCUT2D eigenvalue weighted by molar-refractivity contribution is 0.406. The van der Waals surface area contributed by atoms with Crippen molar-refractivity contribution in [2.24, 2.45) is 5.92 Å². The third-order valence-corrected chi connectivity index (χ3v) is 8.08. The maximum absolute atomic E-state index is 4.71. The summed E-state index contributed by atoms with van der Waals surface area (Å²) >= 11 is 0. The summed E-state index contributed by atoms with van der Waals surface area (Å²) in [6.07, 6.45) is 5.49. The Hall–Kier alpha value is -3.86. The zero-order valence-electron chi connectivity index (χ0n) is 18.4. The molecule has 160 valence electrons. The molecular weight excluding hydrogens is 406 g/mol. The van der Waals surface area contributed by atoms with E-state index in [2.05, 4.69) is 99.3 Å². The molecule has 5 aliphatic rings. The maximum atomic E-state index is 4.71. The molecule has 9 rings (SSSR count). The van der Waals surface area contributed by atoms with Crippen molar-refractivity contribution >= 4 is 17.5 Å². The minimum absolute atomic E-state index is 0.0852. The molecule has 0 spiro atoms. The van der Waals surface area contributed by atoms with E-state index in [1.165, 1.54) is 44.8 Å². The van der Waals surface area contributed by atoms with Crippen LogP contribution in [0.15, 0.2) is 78.6 Å². The predicted octanol–water partition coefficient (Wildman–Crippen LogP) is 4.90. The zero-order valence-corrected chi connectivity index (χ0v) is 18.4. The molecule has 1 aliphatic carbocycles. The second-order valence-electron chi connectivity index (χ2n) is 9.60. The lowest BCUT2D eigenvalue weighted by atomic mass is 9.74. The van der Waals surface area contributed by atoms with Gasteiger partial charge in [0.25, 0.3) is 0 Å². The summed E-state index contributed by atoms with van der Waals surface area (Å²) in [4.78, 5) is 9.74. The number of anilines is 2. The molecule has 5 heterocycles. The maximum Gasteiger partial charge on any atom is 0.159 e. The number of benzene rings is 3. The molecule has 0 fully saturated rings. The van der Waals surface area contributed by atoms with Gasteiger partial charge in [-0.15, -0.1) is 0 Å². The highest BCUT2D eigenvalue weighted by atomic mass is 15.4. The molecule has 0 amide bonds. The molecule has 3 unspecified atom stereocenters. The summed E-state index contributed by atoms with van der Waals surface area (Å²) in [6.45, 7) is 0.936. The molecule has 0 N–H and O–H groups in total. The number of aromatic nitrogens is 3. The Bertz CT molecular complexity index is 1480. The Morgan fingerprint density at radius 2 is 1.70 bits per heavy atom. The Balaban J connectivity index is 1.39. The van der Waals surface area contributed by atoms with E-state index in [-0.39, 0.29) is 12.2 Å². The average molecular weight is 430 g/mol. The minimum Gasteiger partial charge on any atom is -0.352 e. The molecule has 3 atom stereocenters. The van der Waals surface area contributed by atoms with Crippen molar-refractivity contribution in [1.29, 1.82) is 0 Å². The molecule has 0 saturated carbocycles. The van der Waals surface area contributed by atoms with E-state index in [9.17, 15) is 0 Å². The third-order valence-electron chi connectivity index (χ3n) is 8.08. The van der Waals surface area contributed by atoms with Crippen molar-refractivity contribution in [1.82, 2.24) is 14.8 Å². The Labute approximate surface area is 192 Å². The van der Waals surface area contributed by atoms with Crippen LogP contribution in [0.2, 0.25) is 0 Å². The van der Waals surface area contributed by atoms with Crippen molar-refractivity contribution in [2.45, 2.75) is 25.2 Å². The normalized spacial score (nSPS) is 23.4. The number of rotatable bonds is 1. The minimum atomic E-state index is 0.0852. The molecule has 3 aromatic carbocycles. The number of nitrogens with zero attached hydrogens (tertiary/aromatic N) is 5. The van der Waals surface area contributed by atoms with Gasteiger partial charge >= 0.3 is 0 Å². The van der Waals surface area contributed by atoms with Crippen LogP contribution in [-0.4, -0.2) is 28.0 Å². The highest BCUT2D eigenvalue weighted by molar-refractivity contribution is 5.80. The first kappa shape index (κ1) is 17.7. The number of hydrogen-bond acceptors (Lipinski definition) is 4. The lowest BCUT2D eigenvalue weighted by Gasteiger charge is -2.44. The Morgan fingerprint density at radius 3 is 2.64 bits per heavy atom. The fourth-order valence-corrected chi connectivity index (χ4v) is 6.73. The van der Waals surface area contributed by atoms with Crippen molar-refractivity contribution < 1.29 is 0 Å². The highest BCUT2D eigenvalue weighted by Gasteiger charge is 2.47. The number of fused-ring (bicyclic) bond motifs is 4. The van der Waals surface area contributed by atoms with Crippen LogP contribution in [0, 0.1) is 5.92 Å². The smallest absolute Gasteiger partial charge is 0.159 e. The summed E-state index contributed by atoms with van der Waals surface area (Å²) in [5.41, 5.74) is 10.9. The van der Waals surface area contributed by atoms with Crippen molar-refractivity contribution in [2.75, 3.05) is 16.8 Å². The molecule has 0 radical (unpaired) electrons. The first-order chi connectivity index (χ1) is 16.3. The molecule has 33 heavy (non-hydrogen) atoms. The van der Waals surface area contributed by atoms with Gasteiger partial charge in [-0.1, -0.05) is 60.7 Å². The second kappa shape index (κ2) is 6.13. The van der Waals surface area contributed by atoms with Gasteiger partial charge in [-0.2, -0.15) is 5.10 Å². The van der Waals surface area contributed by atoms with E-state index >= 15 is 0 Å². The summed E-state index contributed by atoms with van der Waals surface area (Å²) in [7, 11) is 2.26. The average Bonchev–Trinajstić information content (AvgIpc) is 3.50. The van der Waals surface area contributed by atoms with Gasteiger partial charge in [0.05, 0.1) is 11.4 Å². The van der Waals surface area contributed by atoms with Crippen LogP contribution < -0.4 is 9.80 Å².